The Morgan fingerprint density at radius 1 is 1.60 bits per heavy atom. The number of carbonyl (C=O) groups is 1. The molecule has 1 heterocycles. The molecule has 1 fully saturated rings. The van der Waals surface area contributed by atoms with Crippen LogP contribution in [0.5, 0.6) is 0 Å². The van der Waals surface area contributed by atoms with Gasteiger partial charge >= 0.3 is 0 Å². The lowest BCUT2D eigenvalue weighted by atomic mass is 10.2. The number of amides is 1. The summed E-state index contributed by atoms with van der Waals surface area (Å²) in [5, 5.41) is 2.98. The summed E-state index contributed by atoms with van der Waals surface area (Å²) >= 11 is 3.24. The third-order valence-corrected chi connectivity index (χ3v) is 3.15. The Balaban J connectivity index is 1.97. The van der Waals surface area contributed by atoms with Gasteiger partial charge in [-0.05, 0) is 53.7 Å². The van der Waals surface area contributed by atoms with E-state index >= 15 is 0 Å². The predicted octanol–water partition coefficient (Wildman–Crippen LogP) is 2.37. The number of halogens is 1. The summed E-state index contributed by atoms with van der Waals surface area (Å²) < 4.78 is 0.745. The van der Waals surface area contributed by atoms with Gasteiger partial charge in [0.25, 0.3) is 5.91 Å². The molecule has 1 aliphatic rings. The smallest absolute Gasteiger partial charge is 0.253 e. The van der Waals surface area contributed by atoms with Gasteiger partial charge in [-0.3, -0.25) is 4.79 Å². The number of aromatic nitrogens is 1. The first-order chi connectivity index (χ1) is 7.16. The van der Waals surface area contributed by atoms with E-state index in [0.29, 0.717) is 11.5 Å². The van der Waals surface area contributed by atoms with E-state index < -0.39 is 0 Å². The van der Waals surface area contributed by atoms with Crippen LogP contribution in [-0.2, 0) is 0 Å². The molecular weight excluding hydrogens is 256 g/mol. The van der Waals surface area contributed by atoms with Crippen LogP contribution in [0.3, 0.4) is 0 Å². The summed E-state index contributed by atoms with van der Waals surface area (Å²) in [5.74, 6) is 0.645. The standard InChI is InChI=1S/C11H13BrN2O/c1-7(8-2-3-8)14-11(15)9-4-5-10(12)13-6-9/h4-8H,2-3H2,1H3,(H,14,15). The highest BCUT2D eigenvalue weighted by molar-refractivity contribution is 9.10. The van der Waals surface area contributed by atoms with Crippen molar-refractivity contribution in [3.8, 4) is 0 Å². The van der Waals surface area contributed by atoms with Crippen LogP contribution in [0, 0.1) is 5.92 Å². The highest BCUT2D eigenvalue weighted by Crippen LogP contribution is 2.32. The second-order valence-electron chi connectivity index (χ2n) is 3.97. The zero-order valence-corrected chi connectivity index (χ0v) is 10.1. The fraction of sp³-hybridized carbons (Fsp3) is 0.455. The molecule has 4 heteroatoms. The van der Waals surface area contributed by atoms with E-state index in [1.807, 2.05) is 0 Å². The van der Waals surface area contributed by atoms with E-state index in [1.54, 1.807) is 18.3 Å². The van der Waals surface area contributed by atoms with Crippen molar-refractivity contribution in [2.24, 2.45) is 5.92 Å². The molecule has 1 amide bonds. The van der Waals surface area contributed by atoms with E-state index in [9.17, 15) is 4.79 Å². The van der Waals surface area contributed by atoms with Crippen molar-refractivity contribution < 1.29 is 4.79 Å². The molecular formula is C11H13BrN2O. The van der Waals surface area contributed by atoms with Crippen molar-refractivity contribution in [1.29, 1.82) is 0 Å². The number of rotatable bonds is 3. The van der Waals surface area contributed by atoms with Crippen LogP contribution in [0.1, 0.15) is 30.1 Å². The first-order valence-corrected chi connectivity index (χ1v) is 5.88. The van der Waals surface area contributed by atoms with E-state index in [2.05, 4.69) is 33.2 Å². The molecule has 1 atom stereocenters. The number of pyridine rings is 1. The average molecular weight is 269 g/mol. The molecule has 1 N–H and O–H groups in total. The molecule has 1 aliphatic carbocycles. The lowest BCUT2D eigenvalue weighted by Crippen LogP contribution is -2.34. The minimum atomic E-state index is -0.0330. The molecule has 1 aromatic heterocycles. The normalized spacial score (nSPS) is 17.2. The molecule has 0 aromatic carbocycles. The van der Waals surface area contributed by atoms with E-state index in [0.717, 1.165) is 4.60 Å². The maximum Gasteiger partial charge on any atom is 0.253 e. The quantitative estimate of drug-likeness (QED) is 0.856. The number of hydrogen-bond acceptors (Lipinski definition) is 2. The maximum atomic E-state index is 11.7. The van der Waals surface area contributed by atoms with E-state index in [-0.39, 0.29) is 11.9 Å². The molecule has 0 bridgehead atoms. The van der Waals surface area contributed by atoms with Crippen molar-refractivity contribution in [2.45, 2.75) is 25.8 Å². The summed E-state index contributed by atoms with van der Waals surface area (Å²) in [5.41, 5.74) is 0.616. The summed E-state index contributed by atoms with van der Waals surface area (Å²) in [6, 6.07) is 3.82. The van der Waals surface area contributed by atoms with Gasteiger partial charge < -0.3 is 5.32 Å². The minimum Gasteiger partial charge on any atom is -0.349 e. The zero-order valence-electron chi connectivity index (χ0n) is 8.53. The number of carbonyl (C=O) groups excluding carboxylic acids is 1. The Morgan fingerprint density at radius 3 is 2.87 bits per heavy atom. The van der Waals surface area contributed by atoms with E-state index in [1.165, 1.54) is 12.8 Å². The van der Waals surface area contributed by atoms with Gasteiger partial charge in [0, 0.05) is 12.2 Å². The van der Waals surface area contributed by atoms with E-state index in [4.69, 9.17) is 0 Å². The van der Waals surface area contributed by atoms with Crippen molar-refractivity contribution in [1.82, 2.24) is 10.3 Å². The van der Waals surface area contributed by atoms with Gasteiger partial charge in [0.05, 0.1) is 5.56 Å². The molecule has 80 valence electrons. The minimum absolute atomic E-state index is 0.0330. The monoisotopic (exact) mass is 268 g/mol. The molecule has 0 spiro atoms. The van der Waals surface area contributed by atoms with Crippen LogP contribution in [-0.4, -0.2) is 16.9 Å². The fourth-order valence-electron chi connectivity index (χ4n) is 1.51. The predicted molar refractivity (Wildman–Crippen MR) is 61.6 cm³/mol. The Bertz CT molecular complexity index is 359. The SMILES string of the molecule is CC(NC(=O)c1ccc(Br)nc1)C1CC1. The lowest BCUT2D eigenvalue weighted by molar-refractivity contribution is 0.0935. The third-order valence-electron chi connectivity index (χ3n) is 2.68. The molecule has 0 radical (unpaired) electrons. The summed E-state index contributed by atoms with van der Waals surface area (Å²) in [7, 11) is 0. The summed E-state index contributed by atoms with van der Waals surface area (Å²) in [4.78, 5) is 15.8. The lowest BCUT2D eigenvalue weighted by Gasteiger charge is -2.12. The Morgan fingerprint density at radius 2 is 2.33 bits per heavy atom. The largest absolute Gasteiger partial charge is 0.349 e. The Hall–Kier alpha value is -0.900. The molecule has 0 saturated heterocycles. The van der Waals surface area contributed by atoms with Gasteiger partial charge in [0.2, 0.25) is 0 Å². The van der Waals surface area contributed by atoms with Crippen LogP contribution >= 0.6 is 15.9 Å². The first kappa shape index (κ1) is 10.6. The van der Waals surface area contributed by atoms with Crippen molar-refractivity contribution >= 4 is 21.8 Å². The first-order valence-electron chi connectivity index (χ1n) is 5.09. The molecule has 1 aromatic rings. The van der Waals surface area contributed by atoms with Crippen LogP contribution in [0.4, 0.5) is 0 Å². The van der Waals surface area contributed by atoms with Crippen molar-refractivity contribution in [3.05, 3.63) is 28.5 Å². The average Bonchev–Trinajstić information content (AvgIpc) is 3.01. The van der Waals surface area contributed by atoms with Gasteiger partial charge in [-0.15, -0.1) is 0 Å². The third kappa shape index (κ3) is 2.78. The van der Waals surface area contributed by atoms with Crippen molar-refractivity contribution in [2.75, 3.05) is 0 Å². The molecule has 1 unspecified atom stereocenters. The molecule has 1 saturated carbocycles. The van der Waals surface area contributed by atoms with Crippen LogP contribution < -0.4 is 5.32 Å². The zero-order chi connectivity index (χ0) is 10.8. The van der Waals surface area contributed by atoms with Gasteiger partial charge in [-0.25, -0.2) is 4.98 Å². The highest BCUT2D eigenvalue weighted by atomic mass is 79.9. The van der Waals surface area contributed by atoms with Crippen LogP contribution in [0.15, 0.2) is 22.9 Å². The second kappa shape index (κ2) is 4.31. The Kier molecular flexibility index (Phi) is 3.05. The van der Waals surface area contributed by atoms with Gasteiger partial charge in [-0.1, -0.05) is 0 Å². The number of nitrogens with zero attached hydrogens (tertiary/aromatic N) is 1. The molecule has 0 aliphatic heterocycles. The number of hydrogen-bond donors (Lipinski definition) is 1. The topological polar surface area (TPSA) is 42.0 Å². The number of nitrogens with one attached hydrogen (secondary N) is 1. The fourth-order valence-corrected chi connectivity index (χ4v) is 1.75. The molecule has 15 heavy (non-hydrogen) atoms. The van der Waals surface area contributed by atoms with Crippen LogP contribution in [0.2, 0.25) is 0 Å². The van der Waals surface area contributed by atoms with Crippen LogP contribution in [0.25, 0.3) is 0 Å². The molecule has 2 rings (SSSR count). The van der Waals surface area contributed by atoms with Gasteiger partial charge in [0.1, 0.15) is 4.60 Å². The Labute approximate surface area is 97.4 Å². The summed E-state index contributed by atoms with van der Waals surface area (Å²) in [6.45, 7) is 2.06. The molecule has 3 nitrogen and oxygen atoms in total. The van der Waals surface area contributed by atoms with Gasteiger partial charge in [-0.2, -0.15) is 0 Å². The summed E-state index contributed by atoms with van der Waals surface area (Å²) in [6.07, 6.45) is 4.05. The second-order valence-corrected chi connectivity index (χ2v) is 4.78. The highest BCUT2D eigenvalue weighted by Gasteiger charge is 2.29. The maximum absolute atomic E-state index is 11.7. The van der Waals surface area contributed by atoms with Gasteiger partial charge in [0.15, 0.2) is 0 Å². The van der Waals surface area contributed by atoms with Crippen molar-refractivity contribution in [3.63, 3.8) is 0 Å².